The Hall–Kier alpha value is -0.380. The van der Waals surface area contributed by atoms with E-state index < -0.39 is 0 Å². The molecule has 1 aromatic carbocycles. The van der Waals surface area contributed by atoms with Crippen molar-refractivity contribution in [3.63, 3.8) is 0 Å². The second kappa shape index (κ2) is 7.41. The Balaban J connectivity index is 1.98. The van der Waals surface area contributed by atoms with Crippen molar-refractivity contribution in [2.75, 3.05) is 20.1 Å². The summed E-state index contributed by atoms with van der Waals surface area (Å²) in [6, 6.07) is 6.74. The largest absolute Gasteiger partial charge is 0.316 e. The average Bonchev–Trinajstić information content (AvgIpc) is 2.58. The molecule has 1 atom stereocenters. The average molecular weight is 325 g/mol. The summed E-state index contributed by atoms with van der Waals surface area (Å²) < 4.78 is 1.25. The predicted octanol–water partition coefficient (Wildman–Crippen LogP) is 3.79. The number of halogens is 1. The third kappa shape index (κ3) is 4.59. The molecule has 1 heterocycles. The lowest BCUT2D eigenvalue weighted by molar-refractivity contribution is 0.273. The van der Waals surface area contributed by atoms with Gasteiger partial charge in [-0.05, 0) is 62.5 Å². The van der Waals surface area contributed by atoms with E-state index in [0.29, 0.717) is 0 Å². The van der Waals surface area contributed by atoms with Crippen LogP contribution in [0.1, 0.15) is 37.3 Å². The van der Waals surface area contributed by atoms with Crippen LogP contribution in [0.3, 0.4) is 0 Å². The molecule has 0 amide bonds. The van der Waals surface area contributed by atoms with Gasteiger partial charge < -0.3 is 5.32 Å². The molecule has 2 rings (SSSR count). The van der Waals surface area contributed by atoms with E-state index in [1.807, 2.05) is 7.05 Å². The maximum atomic E-state index is 3.72. The molecule has 0 aliphatic carbocycles. The summed E-state index contributed by atoms with van der Waals surface area (Å²) >= 11 is 3.72. The van der Waals surface area contributed by atoms with Gasteiger partial charge in [0.15, 0.2) is 0 Å². The van der Waals surface area contributed by atoms with Crippen LogP contribution in [0.25, 0.3) is 0 Å². The normalized spacial score (nSPS) is 21.3. The van der Waals surface area contributed by atoms with Gasteiger partial charge in [-0.15, -0.1) is 0 Å². The topological polar surface area (TPSA) is 15.3 Å². The van der Waals surface area contributed by atoms with Gasteiger partial charge in [0.05, 0.1) is 0 Å². The minimum Gasteiger partial charge on any atom is -0.316 e. The van der Waals surface area contributed by atoms with E-state index in [9.17, 15) is 0 Å². The molecular weight excluding hydrogens is 300 g/mol. The zero-order valence-electron chi connectivity index (χ0n) is 12.1. The van der Waals surface area contributed by atoms with E-state index in [1.165, 1.54) is 48.0 Å². The summed E-state index contributed by atoms with van der Waals surface area (Å²) in [7, 11) is 1.99. The zero-order valence-corrected chi connectivity index (χ0v) is 13.7. The Kier molecular flexibility index (Phi) is 5.86. The summed E-state index contributed by atoms with van der Waals surface area (Å²) in [4.78, 5) is 2.60. The lowest BCUT2D eigenvalue weighted by Crippen LogP contribution is -2.24. The van der Waals surface area contributed by atoms with Crippen molar-refractivity contribution in [2.24, 2.45) is 5.92 Å². The first-order valence-electron chi connectivity index (χ1n) is 7.33. The van der Waals surface area contributed by atoms with Crippen LogP contribution >= 0.6 is 15.9 Å². The molecule has 1 aromatic rings. The molecule has 2 nitrogen and oxygen atoms in total. The molecule has 1 aliphatic rings. The van der Waals surface area contributed by atoms with Crippen LogP contribution < -0.4 is 5.32 Å². The third-order valence-electron chi connectivity index (χ3n) is 4.00. The van der Waals surface area contributed by atoms with Gasteiger partial charge in [0, 0.05) is 17.6 Å². The van der Waals surface area contributed by atoms with E-state index in [2.05, 4.69) is 51.3 Å². The number of benzene rings is 1. The lowest BCUT2D eigenvalue weighted by Gasteiger charge is -2.21. The Bertz CT molecular complexity index is 406. The number of nitrogens with zero attached hydrogens (tertiary/aromatic N) is 1. The minimum absolute atomic E-state index is 0.895. The number of hydrogen-bond acceptors (Lipinski definition) is 2. The maximum absolute atomic E-state index is 3.72. The molecule has 1 unspecified atom stereocenters. The van der Waals surface area contributed by atoms with Gasteiger partial charge in [-0.1, -0.05) is 35.0 Å². The van der Waals surface area contributed by atoms with Gasteiger partial charge in [-0.25, -0.2) is 0 Å². The molecule has 3 heteroatoms. The van der Waals surface area contributed by atoms with Crippen LogP contribution in [0.2, 0.25) is 0 Å². The molecule has 0 bridgehead atoms. The molecule has 0 radical (unpaired) electrons. The highest BCUT2D eigenvalue weighted by atomic mass is 79.9. The molecule has 0 aromatic heterocycles. The van der Waals surface area contributed by atoms with Crippen LogP contribution in [0.4, 0.5) is 0 Å². The summed E-state index contributed by atoms with van der Waals surface area (Å²) in [5.41, 5.74) is 2.75. The fourth-order valence-electron chi connectivity index (χ4n) is 2.75. The SMILES string of the molecule is CNCc1ccc(CN2CCCC(C)CC2)c(Br)c1. The fraction of sp³-hybridized carbons (Fsp3) is 0.625. The van der Waals surface area contributed by atoms with Gasteiger partial charge in [0.1, 0.15) is 0 Å². The first kappa shape index (κ1) is 15.0. The summed E-state index contributed by atoms with van der Waals surface area (Å²) in [5, 5.41) is 3.19. The van der Waals surface area contributed by atoms with Crippen molar-refractivity contribution in [1.82, 2.24) is 10.2 Å². The first-order valence-corrected chi connectivity index (χ1v) is 8.12. The van der Waals surface area contributed by atoms with E-state index in [1.54, 1.807) is 0 Å². The smallest absolute Gasteiger partial charge is 0.0244 e. The van der Waals surface area contributed by atoms with Crippen LogP contribution in [0.5, 0.6) is 0 Å². The molecule has 19 heavy (non-hydrogen) atoms. The van der Waals surface area contributed by atoms with Crippen molar-refractivity contribution in [3.05, 3.63) is 33.8 Å². The van der Waals surface area contributed by atoms with Gasteiger partial charge in [0.2, 0.25) is 0 Å². The predicted molar refractivity (Wildman–Crippen MR) is 85.2 cm³/mol. The van der Waals surface area contributed by atoms with E-state index in [0.717, 1.165) is 19.0 Å². The number of rotatable bonds is 4. The maximum Gasteiger partial charge on any atom is 0.0244 e. The highest BCUT2D eigenvalue weighted by Crippen LogP contribution is 2.23. The quantitative estimate of drug-likeness (QED) is 0.906. The molecule has 1 fully saturated rings. The van der Waals surface area contributed by atoms with Crippen molar-refractivity contribution >= 4 is 15.9 Å². The van der Waals surface area contributed by atoms with Crippen molar-refractivity contribution < 1.29 is 0 Å². The van der Waals surface area contributed by atoms with Gasteiger partial charge >= 0.3 is 0 Å². The molecule has 106 valence electrons. The van der Waals surface area contributed by atoms with Crippen molar-refractivity contribution in [3.8, 4) is 0 Å². The molecule has 1 aliphatic heterocycles. The molecule has 0 saturated carbocycles. The van der Waals surface area contributed by atoms with E-state index in [-0.39, 0.29) is 0 Å². The lowest BCUT2D eigenvalue weighted by atomic mass is 10.0. The van der Waals surface area contributed by atoms with Crippen LogP contribution in [0.15, 0.2) is 22.7 Å². The highest BCUT2D eigenvalue weighted by molar-refractivity contribution is 9.10. The fourth-order valence-corrected chi connectivity index (χ4v) is 3.31. The second-order valence-corrected chi connectivity index (χ2v) is 6.62. The standard InChI is InChI=1S/C16H25BrN2/c1-13-4-3-8-19(9-7-13)12-15-6-5-14(11-18-2)10-16(15)17/h5-6,10,13,18H,3-4,7-9,11-12H2,1-2H3. The molecule has 1 N–H and O–H groups in total. The van der Waals surface area contributed by atoms with Crippen LogP contribution in [0, 0.1) is 5.92 Å². The van der Waals surface area contributed by atoms with Crippen LogP contribution in [-0.2, 0) is 13.1 Å². The Morgan fingerprint density at radius 3 is 2.89 bits per heavy atom. The first-order chi connectivity index (χ1) is 9.19. The monoisotopic (exact) mass is 324 g/mol. The molecule has 0 spiro atoms. The Labute approximate surface area is 125 Å². The second-order valence-electron chi connectivity index (χ2n) is 5.77. The highest BCUT2D eigenvalue weighted by Gasteiger charge is 2.14. The Morgan fingerprint density at radius 1 is 1.32 bits per heavy atom. The van der Waals surface area contributed by atoms with E-state index in [4.69, 9.17) is 0 Å². The van der Waals surface area contributed by atoms with Gasteiger partial charge in [0.25, 0.3) is 0 Å². The molecule has 1 saturated heterocycles. The Morgan fingerprint density at radius 2 is 2.16 bits per heavy atom. The van der Waals surface area contributed by atoms with Crippen LogP contribution in [-0.4, -0.2) is 25.0 Å². The van der Waals surface area contributed by atoms with Gasteiger partial charge in [-0.3, -0.25) is 4.90 Å². The summed E-state index contributed by atoms with van der Waals surface area (Å²) in [5.74, 6) is 0.895. The van der Waals surface area contributed by atoms with E-state index >= 15 is 0 Å². The number of hydrogen-bond donors (Lipinski definition) is 1. The zero-order chi connectivity index (χ0) is 13.7. The molecular formula is C16H25BrN2. The summed E-state index contributed by atoms with van der Waals surface area (Å²) in [6.07, 6.45) is 4.07. The van der Waals surface area contributed by atoms with Crippen molar-refractivity contribution in [2.45, 2.75) is 39.3 Å². The van der Waals surface area contributed by atoms with Gasteiger partial charge in [-0.2, -0.15) is 0 Å². The third-order valence-corrected chi connectivity index (χ3v) is 4.74. The minimum atomic E-state index is 0.895. The summed E-state index contributed by atoms with van der Waals surface area (Å²) in [6.45, 7) is 6.88. The number of likely N-dealkylation sites (tertiary alicyclic amines) is 1. The number of nitrogens with one attached hydrogen (secondary N) is 1. The van der Waals surface area contributed by atoms with Crippen molar-refractivity contribution in [1.29, 1.82) is 0 Å².